The first-order valence-electron chi connectivity index (χ1n) is 9.86. The first kappa shape index (κ1) is 16.5. The first-order chi connectivity index (χ1) is 14.7. The smallest absolute Gasteiger partial charge is 0.0613 e. The van der Waals surface area contributed by atoms with Gasteiger partial charge in [0.1, 0.15) is 0 Å². The van der Waals surface area contributed by atoms with E-state index in [0.717, 1.165) is 31.5 Å². The molecule has 4 N–H and O–H groups in total. The molecule has 0 radical (unpaired) electrons. The van der Waals surface area contributed by atoms with Gasteiger partial charge in [-0.3, -0.25) is 0 Å². The number of nitrogens with two attached hydrogens (primary N) is 2. The summed E-state index contributed by atoms with van der Waals surface area (Å²) < 4.78 is 4.65. The third kappa shape index (κ3) is 2.02. The molecule has 0 aliphatic heterocycles. The van der Waals surface area contributed by atoms with E-state index in [1.54, 1.807) is 22.7 Å². The third-order valence-electron chi connectivity index (χ3n) is 6.14. The molecule has 0 bridgehead atoms. The van der Waals surface area contributed by atoms with Crippen molar-refractivity contribution in [3.05, 3.63) is 72.8 Å². The van der Waals surface area contributed by atoms with Gasteiger partial charge < -0.3 is 11.5 Å². The van der Waals surface area contributed by atoms with Crippen LogP contribution in [0.3, 0.4) is 0 Å². The van der Waals surface area contributed by atoms with Gasteiger partial charge in [0.15, 0.2) is 0 Å². The summed E-state index contributed by atoms with van der Waals surface area (Å²) in [7, 11) is 0. The average Bonchev–Trinajstić information content (AvgIpc) is 3.33. The molecule has 2 aromatic heterocycles. The van der Waals surface area contributed by atoms with Crippen molar-refractivity contribution in [2.45, 2.75) is 0 Å². The number of thiophene rings is 2. The molecule has 30 heavy (non-hydrogen) atoms. The van der Waals surface area contributed by atoms with Gasteiger partial charge in [-0.25, -0.2) is 0 Å². The van der Waals surface area contributed by atoms with Gasteiger partial charge in [-0.2, -0.15) is 0 Å². The fourth-order valence-corrected chi connectivity index (χ4v) is 7.13. The molecule has 0 aliphatic carbocycles. The fourth-order valence-electron chi connectivity index (χ4n) is 4.71. The summed E-state index contributed by atoms with van der Waals surface area (Å²) in [5.74, 6) is 0. The number of nitrogen functional groups attached to an aromatic ring is 2. The van der Waals surface area contributed by atoms with Crippen LogP contribution in [0.2, 0.25) is 0 Å². The van der Waals surface area contributed by atoms with Crippen LogP contribution in [-0.2, 0) is 0 Å². The van der Waals surface area contributed by atoms with E-state index in [-0.39, 0.29) is 0 Å². The van der Waals surface area contributed by atoms with Gasteiger partial charge in [0.05, 0.1) is 20.8 Å². The van der Waals surface area contributed by atoms with E-state index >= 15 is 0 Å². The fraction of sp³-hybridized carbons (Fsp3) is 0. The highest BCUT2D eigenvalue weighted by atomic mass is 32.1. The molecule has 5 aromatic carbocycles. The molecule has 0 spiro atoms. The van der Waals surface area contributed by atoms with Crippen molar-refractivity contribution in [3.8, 4) is 0 Å². The second kappa shape index (κ2) is 5.63. The van der Waals surface area contributed by atoms with Crippen molar-refractivity contribution >= 4 is 95.9 Å². The Hall–Kier alpha value is -3.34. The van der Waals surface area contributed by atoms with Crippen LogP contribution < -0.4 is 11.5 Å². The lowest BCUT2D eigenvalue weighted by molar-refractivity contribution is 1.81. The molecule has 2 heterocycles. The number of benzene rings is 5. The molecule has 0 unspecified atom stereocenters. The lowest BCUT2D eigenvalue weighted by Crippen LogP contribution is -1.91. The second-order valence-corrected chi connectivity index (χ2v) is 9.94. The van der Waals surface area contributed by atoms with Crippen molar-refractivity contribution in [2.75, 3.05) is 11.5 Å². The summed E-state index contributed by atoms with van der Waals surface area (Å²) in [4.78, 5) is 0. The Morgan fingerprint density at radius 2 is 0.867 bits per heavy atom. The number of rotatable bonds is 0. The number of hydrogen-bond acceptors (Lipinski definition) is 4. The molecule has 0 saturated carbocycles. The van der Waals surface area contributed by atoms with Crippen LogP contribution in [0.4, 0.5) is 11.4 Å². The summed E-state index contributed by atoms with van der Waals surface area (Å²) >= 11 is 3.49. The Bertz CT molecular complexity index is 1690. The summed E-state index contributed by atoms with van der Waals surface area (Å²) in [5, 5.41) is 9.53. The number of hydrogen-bond donors (Lipinski definition) is 2. The Kier molecular flexibility index (Phi) is 3.09. The Balaban J connectivity index is 1.71. The van der Waals surface area contributed by atoms with Crippen LogP contribution >= 0.6 is 22.7 Å². The highest BCUT2D eigenvalue weighted by Gasteiger charge is 2.20. The molecule has 0 saturated heterocycles. The Labute approximate surface area is 179 Å². The third-order valence-corrected chi connectivity index (χ3v) is 8.51. The molecule has 4 heteroatoms. The maximum atomic E-state index is 6.83. The lowest BCUT2D eigenvalue weighted by Gasteiger charge is -2.06. The molecule has 2 nitrogen and oxygen atoms in total. The van der Waals surface area contributed by atoms with Gasteiger partial charge in [-0.05, 0) is 45.8 Å². The van der Waals surface area contributed by atoms with E-state index in [9.17, 15) is 0 Å². The minimum atomic E-state index is 0.848. The van der Waals surface area contributed by atoms with Gasteiger partial charge in [0.25, 0.3) is 0 Å². The number of fused-ring (bicyclic) bond motifs is 8. The minimum absolute atomic E-state index is 0.848. The predicted molar refractivity (Wildman–Crippen MR) is 136 cm³/mol. The van der Waals surface area contributed by atoms with Gasteiger partial charge in [0.2, 0.25) is 0 Å². The first-order valence-corrected chi connectivity index (χ1v) is 11.5. The molecule has 0 atom stereocenters. The maximum Gasteiger partial charge on any atom is 0.0613 e. The van der Waals surface area contributed by atoms with E-state index in [2.05, 4.69) is 72.8 Å². The zero-order chi connectivity index (χ0) is 20.0. The van der Waals surface area contributed by atoms with Crippen molar-refractivity contribution in [2.24, 2.45) is 0 Å². The van der Waals surface area contributed by atoms with Gasteiger partial charge in [-0.15, -0.1) is 22.7 Å². The maximum absolute atomic E-state index is 6.83. The van der Waals surface area contributed by atoms with Gasteiger partial charge in [0, 0.05) is 30.9 Å². The molecule has 142 valence electrons. The van der Waals surface area contributed by atoms with Crippen LogP contribution in [0.15, 0.2) is 72.8 Å². The zero-order valence-corrected chi connectivity index (χ0v) is 17.5. The van der Waals surface area contributed by atoms with E-state index < -0.39 is 0 Å². The normalized spacial score (nSPS) is 12.3. The molecule has 0 amide bonds. The quantitative estimate of drug-likeness (QED) is 0.193. The van der Waals surface area contributed by atoms with E-state index in [4.69, 9.17) is 11.5 Å². The molecule has 7 rings (SSSR count). The largest absolute Gasteiger partial charge is 0.397 e. The topological polar surface area (TPSA) is 52.0 Å². The van der Waals surface area contributed by atoms with Crippen LogP contribution in [0.5, 0.6) is 0 Å². The molecular formula is C26H16N2S2. The Morgan fingerprint density at radius 1 is 0.500 bits per heavy atom. The van der Waals surface area contributed by atoms with Crippen molar-refractivity contribution in [1.82, 2.24) is 0 Å². The molecular weight excluding hydrogens is 404 g/mol. The van der Waals surface area contributed by atoms with Crippen LogP contribution in [0, 0.1) is 0 Å². The zero-order valence-electron chi connectivity index (χ0n) is 15.9. The molecule has 0 fully saturated rings. The Morgan fingerprint density at radius 3 is 1.27 bits per heavy atom. The van der Waals surface area contributed by atoms with E-state index in [1.165, 1.54) is 41.7 Å². The monoisotopic (exact) mass is 420 g/mol. The summed E-state index contributed by atoms with van der Waals surface area (Å²) in [5.41, 5.74) is 15.4. The average molecular weight is 421 g/mol. The minimum Gasteiger partial charge on any atom is -0.397 e. The predicted octanol–water partition coefficient (Wildman–Crippen LogP) is 7.89. The van der Waals surface area contributed by atoms with Crippen LogP contribution in [-0.4, -0.2) is 0 Å². The van der Waals surface area contributed by atoms with Crippen LogP contribution in [0.1, 0.15) is 0 Å². The summed E-state index contributed by atoms with van der Waals surface area (Å²) in [6.45, 7) is 0. The van der Waals surface area contributed by atoms with E-state index in [1.807, 2.05) is 0 Å². The van der Waals surface area contributed by atoms with Crippen molar-refractivity contribution in [3.63, 3.8) is 0 Å². The van der Waals surface area contributed by atoms with Crippen molar-refractivity contribution < 1.29 is 0 Å². The van der Waals surface area contributed by atoms with E-state index in [0.29, 0.717) is 0 Å². The second-order valence-electron chi connectivity index (χ2n) is 7.83. The number of anilines is 2. The highest BCUT2D eigenvalue weighted by molar-refractivity contribution is 7.28. The summed E-state index contributed by atoms with van der Waals surface area (Å²) in [6, 6.07) is 26.0. The molecule has 0 aliphatic rings. The van der Waals surface area contributed by atoms with Gasteiger partial charge >= 0.3 is 0 Å². The molecule has 7 aromatic rings. The van der Waals surface area contributed by atoms with Crippen molar-refractivity contribution in [1.29, 1.82) is 0 Å². The highest BCUT2D eigenvalue weighted by Crippen LogP contribution is 2.51. The summed E-state index contributed by atoms with van der Waals surface area (Å²) in [6.07, 6.45) is 0. The standard InChI is InChI=1S/C26H16N2S2/c27-23-21-17-9-13-5-1-3-7-15(13)11-19(17)29-25(21)24(28)22-18-10-14-6-2-4-8-16(14)12-20(18)30-26(22)23/h1-12H,27-28H2. The van der Waals surface area contributed by atoms with Crippen LogP contribution in [0.25, 0.3) is 61.9 Å². The lowest BCUT2D eigenvalue weighted by atomic mass is 10.0. The SMILES string of the molecule is Nc1c2sc3cc4ccccc4cc3c2c(N)c2sc3cc4ccccc4cc3c12. The van der Waals surface area contributed by atoms with Gasteiger partial charge in [-0.1, -0.05) is 48.5 Å².